The largest absolute Gasteiger partial charge is 0.350 e. The zero-order chi connectivity index (χ0) is 14.5. The van der Waals surface area contributed by atoms with Crippen LogP contribution in [0.4, 0.5) is 0 Å². The first kappa shape index (κ1) is 14.3. The molecule has 0 aromatic carbocycles. The second kappa shape index (κ2) is 6.89. The molecule has 2 atom stereocenters. The minimum atomic E-state index is -0.0490. The number of piperidine rings is 1. The average Bonchev–Trinajstić information content (AvgIpc) is 3.04. The quantitative estimate of drug-likeness (QED) is 0.832. The number of hydrogen-bond donors (Lipinski definition) is 2. The monoisotopic (exact) mass is 288 g/mol. The minimum Gasteiger partial charge on any atom is -0.350 e. The van der Waals surface area contributed by atoms with Gasteiger partial charge in [-0.05, 0) is 50.6 Å². The topological polar surface area (TPSA) is 59.0 Å². The Morgan fingerprint density at radius 1 is 1.43 bits per heavy atom. The van der Waals surface area contributed by atoms with Crippen molar-refractivity contribution in [1.29, 1.82) is 0 Å². The summed E-state index contributed by atoms with van der Waals surface area (Å²) in [4.78, 5) is 12.2. The van der Waals surface area contributed by atoms with Gasteiger partial charge in [-0.15, -0.1) is 0 Å². The van der Waals surface area contributed by atoms with Crippen LogP contribution in [0.15, 0.2) is 24.4 Å². The SMILES string of the molecule is O=C(NCC1CC=CCC1)c1ccn(C2CCCNC2)n1. The Bertz CT molecular complexity index is 502. The van der Waals surface area contributed by atoms with Crippen LogP contribution >= 0.6 is 0 Å². The second-order valence-corrected chi connectivity index (χ2v) is 6.04. The van der Waals surface area contributed by atoms with Gasteiger partial charge in [-0.3, -0.25) is 9.48 Å². The van der Waals surface area contributed by atoms with Crippen LogP contribution in [0.1, 0.15) is 48.6 Å². The Morgan fingerprint density at radius 2 is 2.38 bits per heavy atom. The lowest BCUT2D eigenvalue weighted by Crippen LogP contribution is -2.32. The lowest BCUT2D eigenvalue weighted by molar-refractivity contribution is 0.0940. The number of amides is 1. The predicted molar refractivity (Wildman–Crippen MR) is 82.2 cm³/mol. The molecule has 114 valence electrons. The molecule has 0 saturated carbocycles. The Kier molecular flexibility index (Phi) is 4.70. The van der Waals surface area contributed by atoms with Crippen molar-refractivity contribution in [3.05, 3.63) is 30.1 Å². The van der Waals surface area contributed by atoms with Crippen molar-refractivity contribution in [3.63, 3.8) is 0 Å². The maximum absolute atomic E-state index is 12.2. The summed E-state index contributed by atoms with van der Waals surface area (Å²) < 4.78 is 1.93. The molecule has 1 saturated heterocycles. The maximum Gasteiger partial charge on any atom is 0.271 e. The molecule has 0 radical (unpaired) electrons. The molecule has 5 nitrogen and oxygen atoms in total. The van der Waals surface area contributed by atoms with Gasteiger partial charge in [-0.1, -0.05) is 12.2 Å². The fraction of sp³-hybridized carbons (Fsp3) is 0.625. The van der Waals surface area contributed by atoms with Crippen molar-refractivity contribution in [1.82, 2.24) is 20.4 Å². The molecule has 0 spiro atoms. The van der Waals surface area contributed by atoms with Crippen molar-refractivity contribution < 1.29 is 4.79 Å². The van der Waals surface area contributed by atoms with Gasteiger partial charge in [0.05, 0.1) is 6.04 Å². The summed E-state index contributed by atoms with van der Waals surface area (Å²) in [5.74, 6) is 0.524. The zero-order valence-electron chi connectivity index (χ0n) is 12.4. The van der Waals surface area contributed by atoms with Gasteiger partial charge in [0.2, 0.25) is 0 Å². The van der Waals surface area contributed by atoms with E-state index in [1.807, 2.05) is 16.9 Å². The molecule has 2 unspecified atom stereocenters. The zero-order valence-corrected chi connectivity index (χ0v) is 12.4. The Labute approximate surface area is 125 Å². The Morgan fingerprint density at radius 3 is 3.14 bits per heavy atom. The van der Waals surface area contributed by atoms with Crippen molar-refractivity contribution in [2.45, 2.75) is 38.1 Å². The first-order valence-corrected chi connectivity index (χ1v) is 8.02. The molecular formula is C16H24N4O. The Hall–Kier alpha value is -1.62. The van der Waals surface area contributed by atoms with E-state index in [2.05, 4.69) is 27.9 Å². The van der Waals surface area contributed by atoms with Crippen molar-refractivity contribution in [2.24, 2.45) is 5.92 Å². The van der Waals surface area contributed by atoms with Crippen LogP contribution in [0.3, 0.4) is 0 Å². The highest BCUT2D eigenvalue weighted by Gasteiger charge is 2.18. The van der Waals surface area contributed by atoms with Gasteiger partial charge < -0.3 is 10.6 Å². The average molecular weight is 288 g/mol. The van der Waals surface area contributed by atoms with Crippen molar-refractivity contribution >= 4 is 5.91 Å². The minimum absolute atomic E-state index is 0.0490. The maximum atomic E-state index is 12.2. The summed E-state index contributed by atoms with van der Waals surface area (Å²) in [7, 11) is 0. The van der Waals surface area contributed by atoms with E-state index in [1.54, 1.807) is 0 Å². The predicted octanol–water partition coefficient (Wildman–Crippen LogP) is 1.89. The number of hydrogen-bond acceptors (Lipinski definition) is 3. The summed E-state index contributed by atoms with van der Waals surface area (Å²) in [6.45, 7) is 2.78. The number of aromatic nitrogens is 2. The number of nitrogens with zero attached hydrogens (tertiary/aromatic N) is 2. The smallest absolute Gasteiger partial charge is 0.271 e. The third kappa shape index (κ3) is 3.73. The molecule has 1 aromatic rings. The van der Waals surface area contributed by atoms with Crippen molar-refractivity contribution in [3.8, 4) is 0 Å². The van der Waals surface area contributed by atoms with E-state index < -0.39 is 0 Å². The van der Waals surface area contributed by atoms with Crippen LogP contribution in [0.25, 0.3) is 0 Å². The van der Waals surface area contributed by atoms with E-state index in [1.165, 1.54) is 12.8 Å². The van der Waals surface area contributed by atoms with Gasteiger partial charge in [-0.2, -0.15) is 5.10 Å². The van der Waals surface area contributed by atoms with Gasteiger partial charge in [0, 0.05) is 19.3 Å². The molecule has 1 aromatic heterocycles. The standard InChI is InChI=1S/C16H24N4O/c21-16(18-11-13-5-2-1-3-6-13)15-8-10-20(19-15)14-7-4-9-17-12-14/h1-2,8,10,13-14,17H,3-7,9,11-12H2,(H,18,21). The molecule has 1 aliphatic carbocycles. The van der Waals surface area contributed by atoms with E-state index >= 15 is 0 Å². The normalized spacial score (nSPS) is 25.7. The van der Waals surface area contributed by atoms with Crippen LogP contribution in [0.2, 0.25) is 0 Å². The number of nitrogens with one attached hydrogen (secondary N) is 2. The van der Waals surface area contributed by atoms with Gasteiger partial charge in [-0.25, -0.2) is 0 Å². The summed E-state index contributed by atoms with van der Waals surface area (Å²) in [5.41, 5.74) is 0.534. The fourth-order valence-corrected chi connectivity index (χ4v) is 3.09. The number of allylic oxidation sites excluding steroid dienone is 2. The van der Waals surface area contributed by atoms with E-state index in [-0.39, 0.29) is 5.91 Å². The fourth-order valence-electron chi connectivity index (χ4n) is 3.09. The summed E-state index contributed by atoms with van der Waals surface area (Å²) in [6.07, 6.45) is 12.0. The summed E-state index contributed by atoms with van der Waals surface area (Å²) >= 11 is 0. The Balaban J connectivity index is 1.52. The van der Waals surface area contributed by atoms with E-state index in [4.69, 9.17) is 0 Å². The lowest BCUT2D eigenvalue weighted by atomic mass is 9.94. The molecule has 3 rings (SSSR count). The van der Waals surface area contributed by atoms with Gasteiger partial charge in [0.25, 0.3) is 5.91 Å². The number of rotatable bonds is 4. The van der Waals surface area contributed by atoms with Crippen LogP contribution in [-0.4, -0.2) is 35.3 Å². The van der Waals surface area contributed by atoms with Crippen LogP contribution in [-0.2, 0) is 0 Å². The molecule has 1 amide bonds. The van der Waals surface area contributed by atoms with Crippen molar-refractivity contribution in [2.75, 3.05) is 19.6 Å². The van der Waals surface area contributed by atoms with Crippen LogP contribution in [0, 0.1) is 5.92 Å². The van der Waals surface area contributed by atoms with Gasteiger partial charge in [0.1, 0.15) is 5.69 Å². The molecule has 1 aliphatic heterocycles. The third-order valence-corrected chi connectivity index (χ3v) is 4.41. The highest BCUT2D eigenvalue weighted by Crippen LogP contribution is 2.18. The molecule has 1 fully saturated rings. The molecule has 0 bridgehead atoms. The molecule has 2 heterocycles. The lowest BCUT2D eigenvalue weighted by Gasteiger charge is -2.22. The van der Waals surface area contributed by atoms with E-state index in [9.17, 15) is 4.79 Å². The van der Waals surface area contributed by atoms with Gasteiger partial charge >= 0.3 is 0 Å². The van der Waals surface area contributed by atoms with E-state index in [0.717, 1.165) is 38.9 Å². The highest BCUT2D eigenvalue weighted by molar-refractivity contribution is 5.92. The summed E-state index contributed by atoms with van der Waals surface area (Å²) in [5, 5.41) is 10.8. The third-order valence-electron chi connectivity index (χ3n) is 4.41. The molecular weight excluding hydrogens is 264 g/mol. The highest BCUT2D eigenvalue weighted by atomic mass is 16.1. The first-order valence-electron chi connectivity index (χ1n) is 8.02. The summed E-state index contributed by atoms with van der Waals surface area (Å²) in [6, 6.07) is 2.20. The number of carbonyl (C=O) groups is 1. The molecule has 2 aliphatic rings. The second-order valence-electron chi connectivity index (χ2n) is 6.04. The first-order chi connectivity index (χ1) is 10.3. The molecule has 5 heteroatoms. The van der Waals surface area contributed by atoms with E-state index in [0.29, 0.717) is 17.7 Å². The number of carbonyl (C=O) groups excluding carboxylic acids is 1. The molecule has 21 heavy (non-hydrogen) atoms. The van der Waals surface area contributed by atoms with Gasteiger partial charge in [0.15, 0.2) is 0 Å². The van der Waals surface area contributed by atoms with Crippen LogP contribution < -0.4 is 10.6 Å². The molecule has 2 N–H and O–H groups in total. The van der Waals surface area contributed by atoms with Crippen LogP contribution in [0.5, 0.6) is 0 Å².